The average Bonchev–Trinajstić information content (AvgIpc) is 3.05. The third kappa shape index (κ3) is 2.75. The molecular formula is C14H20N2O2. The van der Waals surface area contributed by atoms with Crippen LogP contribution in [-0.4, -0.2) is 19.1 Å². The predicted octanol–water partition coefficient (Wildman–Crippen LogP) is 2.05. The number of benzene rings is 1. The Kier molecular flexibility index (Phi) is 3.75. The minimum atomic E-state index is -0.107. The molecule has 1 fully saturated rings. The van der Waals surface area contributed by atoms with Crippen molar-refractivity contribution in [1.29, 1.82) is 0 Å². The summed E-state index contributed by atoms with van der Waals surface area (Å²) in [4.78, 5) is 12.1. The van der Waals surface area contributed by atoms with E-state index in [0.717, 1.165) is 12.5 Å². The molecule has 1 aromatic carbocycles. The average molecular weight is 248 g/mol. The molecule has 1 aliphatic carbocycles. The molecule has 0 radical (unpaired) electrons. The number of para-hydroxylation sites is 1. The smallest absolute Gasteiger partial charge is 0.255 e. The maximum atomic E-state index is 12.1. The summed E-state index contributed by atoms with van der Waals surface area (Å²) in [5, 5.41) is 2.94. The number of nitrogens with one attached hydrogen (secondary N) is 1. The van der Waals surface area contributed by atoms with Crippen molar-refractivity contribution in [3.05, 3.63) is 23.8 Å². The third-order valence-electron chi connectivity index (χ3n) is 3.38. The molecule has 0 saturated heterocycles. The van der Waals surface area contributed by atoms with E-state index in [1.54, 1.807) is 18.2 Å². The summed E-state index contributed by atoms with van der Waals surface area (Å²) in [5.41, 5.74) is 6.85. The highest BCUT2D eigenvalue weighted by atomic mass is 16.5. The standard InChI is InChI=1S/C14H20N2O2/c1-3-18-13-11(5-4-6-12(13)15)14(17)16-8-10-7-9(10)2/h4-6,9-10H,3,7-8,15H2,1-2H3,(H,16,17). The van der Waals surface area contributed by atoms with Gasteiger partial charge in [0, 0.05) is 6.54 Å². The molecular weight excluding hydrogens is 228 g/mol. The largest absolute Gasteiger partial charge is 0.491 e. The molecule has 1 aromatic rings. The summed E-state index contributed by atoms with van der Waals surface area (Å²) in [7, 11) is 0. The number of rotatable bonds is 5. The summed E-state index contributed by atoms with van der Waals surface area (Å²) < 4.78 is 5.45. The van der Waals surface area contributed by atoms with E-state index in [9.17, 15) is 4.79 Å². The van der Waals surface area contributed by atoms with Crippen LogP contribution in [0.1, 0.15) is 30.6 Å². The van der Waals surface area contributed by atoms with Gasteiger partial charge in [0.1, 0.15) is 0 Å². The van der Waals surface area contributed by atoms with Gasteiger partial charge in [-0.2, -0.15) is 0 Å². The molecule has 0 spiro atoms. The van der Waals surface area contributed by atoms with Crippen LogP contribution in [0.15, 0.2) is 18.2 Å². The Morgan fingerprint density at radius 3 is 2.89 bits per heavy atom. The van der Waals surface area contributed by atoms with Crippen LogP contribution in [0.5, 0.6) is 5.75 Å². The van der Waals surface area contributed by atoms with E-state index >= 15 is 0 Å². The first kappa shape index (κ1) is 12.7. The van der Waals surface area contributed by atoms with Crippen molar-refractivity contribution in [2.75, 3.05) is 18.9 Å². The van der Waals surface area contributed by atoms with Crippen molar-refractivity contribution in [3.63, 3.8) is 0 Å². The van der Waals surface area contributed by atoms with Gasteiger partial charge in [-0.25, -0.2) is 0 Å². The Morgan fingerprint density at radius 1 is 1.56 bits per heavy atom. The Balaban J connectivity index is 2.06. The van der Waals surface area contributed by atoms with Crippen molar-refractivity contribution in [2.45, 2.75) is 20.3 Å². The van der Waals surface area contributed by atoms with Gasteiger partial charge in [-0.3, -0.25) is 4.79 Å². The number of carbonyl (C=O) groups is 1. The summed E-state index contributed by atoms with van der Waals surface area (Å²) in [6.45, 7) is 5.30. The molecule has 2 unspecified atom stereocenters. The van der Waals surface area contributed by atoms with Crippen LogP contribution in [0, 0.1) is 11.8 Å². The van der Waals surface area contributed by atoms with Gasteiger partial charge in [0.15, 0.2) is 5.75 Å². The molecule has 2 rings (SSSR count). The lowest BCUT2D eigenvalue weighted by Crippen LogP contribution is -2.26. The van der Waals surface area contributed by atoms with Crippen LogP contribution in [0.4, 0.5) is 5.69 Å². The Labute approximate surface area is 108 Å². The molecule has 0 heterocycles. The summed E-state index contributed by atoms with van der Waals surface area (Å²) in [5.74, 6) is 1.74. The van der Waals surface area contributed by atoms with Gasteiger partial charge in [0.05, 0.1) is 17.9 Å². The molecule has 3 N–H and O–H groups in total. The number of hydrogen-bond acceptors (Lipinski definition) is 3. The molecule has 1 amide bonds. The zero-order valence-corrected chi connectivity index (χ0v) is 10.9. The molecule has 0 aromatic heterocycles. The van der Waals surface area contributed by atoms with Gasteiger partial charge in [0.25, 0.3) is 5.91 Å². The second kappa shape index (κ2) is 5.29. The highest BCUT2D eigenvalue weighted by Crippen LogP contribution is 2.37. The van der Waals surface area contributed by atoms with E-state index in [1.807, 2.05) is 6.92 Å². The van der Waals surface area contributed by atoms with E-state index in [0.29, 0.717) is 29.5 Å². The fourth-order valence-corrected chi connectivity index (χ4v) is 2.04. The monoisotopic (exact) mass is 248 g/mol. The second-order valence-corrected chi connectivity index (χ2v) is 4.84. The second-order valence-electron chi connectivity index (χ2n) is 4.84. The Hall–Kier alpha value is -1.71. The topological polar surface area (TPSA) is 64.3 Å². The number of hydrogen-bond donors (Lipinski definition) is 2. The van der Waals surface area contributed by atoms with E-state index in [1.165, 1.54) is 6.42 Å². The molecule has 2 atom stereocenters. The lowest BCUT2D eigenvalue weighted by Gasteiger charge is -2.12. The van der Waals surface area contributed by atoms with Crippen molar-refractivity contribution < 1.29 is 9.53 Å². The van der Waals surface area contributed by atoms with E-state index in [-0.39, 0.29) is 5.91 Å². The first-order valence-corrected chi connectivity index (χ1v) is 6.43. The zero-order valence-electron chi connectivity index (χ0n) is 10.9. The molecule has 1 aliphatic rings. The molecule has 1 saturated carbocycles. The molecule has 0 bridgehead atoms. The Morgan fingerprint density at radius 2 is 2.28 bits per heavy atom. The molecule has 98 valence electrons. The zero-order chi connectivity index (χ0) is 13.1. The number of anilines is 1. The van der Waals surface area contributed by atoms with Gasteiger partial charge in [-0.15, -0.1) is 0 Å². The fourth-order valence-electron chi connectivity index (χ4n) is 2.04. The Bertz CT molecular complexity index is 445. The minimum absolute atomic E-state index is 0.107. The van der Waals surface area contributed by atoms with Gasteiger partial charge >= 0.3 is 0 Å². The summed E-state index contributed by atoms with van der Waals surface area (Å²) in [6, 6.07) is 5.25. The first-order chi connectivity index (χ1) is 8.63. The van der Waals surface area contributed by atoms with Gasteiger partial charge in [-0.1, -0.05) is 13.0 Å². The van der Waals surface area contributed by atoms with E-state index < -0.39 is 0 Å². The number of ether oxygens (including phenoxy) is 1. The van der Waals surface area contributed by atoms with Crippen molar-refractivity contribution in [1.82, 2.24) is 5.32 Å². The lowest BCUT2D eigenvalue weighted by molar-refractivity contribution is 0.0947. The first-order valence-electron chi connectivity index (χ1n) is 6.43. The van der Waals surface area contributed by atoms with Gasteiger partial charge in [0.2, 0.25) is 0 Å². The third-order valence-corrected chi connectivity index (χ3v) is 3.38. The van der Waals surface area contributed by atoms with Crippen molar-refractivity contribution in [2.24, 2.45) is 11.8 Å². The maximum Gasteiger partial charge on any atom is 0.255 e. The quantitative estimate of drug-likeness (QED) is 0.784. The van der Waals surface area contributed by atoms with E-state index in [4.69, 9.17) is 10.5 Å². The predicted molar refractivity (Wildman–Crippen MR) is 71.6 cm³/mol. The van der Waals surface area contributed by atoms with Gasteiger partial charge < -0.3 is 15.8 Å². The lowest BCUT2D eigenvalue weighted by atomic mass is 10.1. The number of carbonyl (C=O) groups excluding carboxylic acids is 1. The highest BCUT2D eigenvalue weighted by molar-refractivity contribution is 5.98. The van der Waals surface area contributed by atoms with Crippen LogP contribution in [0.2, 0.25) is 0 Å². The van der Waals surface area contributed by atoms with Crippen molar-refractivity contribution in [3.8, 4) is 5.75 Å². The van der Waals surface area contributed by atoms with Crippen LogP contribution < -0.4 is 15.8 Å². The maximum absolute atomic E-state index is 12.1. The molecule has 4 nitrogen and oxygen atoms in total. The SMILES string of the molecule is CCOc1c(N)cccc1C(=O)NCC1CC1C. The van der Waals surface area contributed by atoms with Crippen LogP contribution in [-0.2, 0) is 0 Å². The normalized spacial score (nSPS) is 21.4. The number of nitrogen functional groups attached to an aromatic ring is 1. The number of amides is 1. The van der Waals surface area contributed by atoms with Crippen molar-refractivity contribution >= 4 is 11.6 Å². The summed E-state index contributed by atoms with van der Waals surface area (Å²) >= 11 is 0. The summed E-state index contributed by atoms with van der Waals surface area (Å²) in [6.07, 6.45) is 1.20. The minimum Gasteiger partial charge on any atom is -0.491 e. The van der Waals surface area contributed by atoms with Crippen LogP contribution >= 0.6 is 0 Å². The number of nitrogens with two attached hydrogens (primary N) is 1. The fraction of sp³-hybridized carbons (Fsp3) is 0.500. The molecule has 0 aliphatic heterocycles. The molecule has 18 heavy (non-hydrogen) atoms. The van der Waals surface area contributed by atoms with Crippen LogP contribution in [0.3, 0.4) is 0 Å². The van der Waals surface area contributed by atoms with Gasteiger partial charge in [-0.05, 0) is 37.3 Å². The highest BCUT2D eigenvalue weighted by Gasteiger charge is 2.32. The van der Waals surface area contributed by atoms with Crippen LogP contribution in [0.25, 0.3) is 0 Å². The van der Waals surface area contributed by atoms with E-state index in [2.05, 4.69) is 12.2 Å². The molecule has 4 heteroatoms.